The van der Waals surface area contributed by atoms with Crippen LogP contribution in [0, 0.1) is 0 Å². The van der Waals surface area contributed by atoms with Gasteiger partial charge in [0.2, 0.25) is 0 Å². The highest BCUT2D eigenvalue weighted by atomic mass is 16.7. The Hall–Kier alpha value is -0.240. The molecule has 6 heteroatoms. The molecule has 90 valence electrons. The number of aliphatic hydroxyl groups excluding tert-OH is 3. The van der Waals surface area contributed by atoms with E-state index in [4.69, 9.17) is 20.3 Å². The van der Waals surface area contributed by atoms with Crippen LogP contribution in [0.5, 0.6) is 0 Å². The molecule has 0 saturated carbocycles. The quantitative estimate of drug-likeness (QED) is 0.445. The van der Waals surface area contributed by atoms with Crippen LogP contribution >= 0.6 is 0 Å². The molecule has 1 aliphatic rings. The van der Waals surface area contributed by atoms with E-state index in [2.05, 4.69) is 0 Å². The summed E-state index contributed by atoms with van der Waals surface area (Å²) in [7, 11) is 0. The summed E-state index contributed by atoms with van der Waals surface area (Å²) in [6, 6.07) is -0.797. The van der Waals surface area contributed by atoms with Gasteiger partial charge >= 0.3 is 0 Å². The van der Waals surface area contributed by atoms with Crippen molar-refractivity contribution >= 4 is 0 Å². The summed E-state index contributed by atoms with van der Waals surface area (Å²) in [6.07, 6.45) is -3.14. The second-order valence-corrected chi connectivity index (χ2v) is 3.65. The van der Waals surface area contributed by atoms with Crippen LogP contribution in [0.15, 0.2) is 0 Å². The first kappa shape index (κ1) is 12.8. The summed E-state index contributed by atoms with van der Waals surface area (Å²) in [5.74, 6) is 0. The summed E-state index contributed by atoms with van der Waals surface area (Å²) in [4.78, 5) is 0. The molecule has 1 saturated heterocycles. The van der Waals surface area contributed by atoms with E-state index >= 15 is 0 Å². The Morgan fingerprint density at radius 2 is 2.00 bits per heavy atom. The molecule has 0 aromatic carbocycles. The van der Waals surface area contributed by atoms with Crippen molar-refractivity contribution in [1.29, 1.82) is 0 Å². The van der Waals surface area contributed by atoms with E-state index in [-0.39, 0.29) is 6.61 Å². The Morgan fingerprint density at radius 3 is 2.53 bits per heavy atom. The molecule has 2 unspecified atom stereocenters. The summed E-state index contributed by atoms with van der Waals surface area (Å²) >= 11 is 0. The molecule has 5 N–H and O–H groups in total. The zero-order valence-electron chi connectivity index (χ0n) is 8.74. The van der Waals surface area contributed by atoms with Crippen molar-refractivity contribution in [3.05, 3.63) is 0 Å². The van der Waals surface area contributed by atoms with E-state index in [1.165, 1.54) is 0 Å². The molecule has 1 heterocycles. The molecule has 1 fully saturated rings. The summed E-state index contributed by atoms with van der Waals surface area (Å²) in [5.41, 5.74) is 5.63. The fraction of sp³-hybridized carbons (Fsp3) is 1.00. The maximum atomic E-state index is 9.57. The molecule has 15 heavy (non-hydrogen) atoms. The predicted molar refractivity (Wildman–Crippen MR) is 52.0 cm³/mol. The van der Waals surface area contributed by atoms with Crippen LogP contribution in [-0.4, -0.2) is 59.2 Å². The predicted octanol–water partition coefficient (Wildman–Crippen LogP) is -1.82. The van der Waals surface area contributed by atoms with Crippen LogP contribution in [0.1, 0.15) is 13.3 Å². The number of rotatable bonds is 4. The average molecular weight is 221 g/mol. The number of aliphatic hydroxyl groups is 3. The lowest BCUT2D eigenvalue weighted by atomic mass is 9.98. The van der Waals surface area contributed by atoms with Crippen molar-refractivity contribution in [2.75, 3.05) is 13.2 Å². The standard InChI is InChI=1S/C9H19NO5/c1-2-3-14-9-6(10)8(13)7(12)5(4-11)15-9/h5-9,11-13H,2-4,10H2,1H3/t5?,6-,7-,8?,9+/m0/s1. The highest BCUT2D eigenvalue weighted by Crippen LogP contribution is 2.20. The number of ether oxygens (including phenoxy) is 2. The smallest absolute Gasteiger partial charge is 0.175 e. The lowest BCUT2D eigenvalue weighted by Gasteiger charge is -2.40. The number of nitrogens with two attached hydrogens (primary N) is 1. The molecule has 0 radical (unpaired) electrons. The highest BCUT2D eigenvalue weighted by Gasteiger charge is 2.42. The van der Waals surface area contributed by atoms with E-state index < -0.39 is 30.6 Å². The Balaban J connectivity index is 2.57. The largest absolute Gasteiger partial charge is 0.394 e. The van der Waals surface area contributed by atoms with Crippen LogP contribution in [-0.2, 0) is 9.47 Å². The fourth-order valence-corrected chi connectivity index (χ4v) is 1.49. The Labute approximate surface area is 88.6 Å². The molecule has 0 aliphatic carbocycles. The molecule has 0 spiro atoms. The third kappa shape index (κ3) is 2.87. The first-order chi connectivity index (χ1) is 7.11. The van der Waals surface area contributed by atoms with Gasteiger partial charge in [0.1, 0.15) is 18.3 Å². The fourth-order valence-electron chi connectivity index (χ4n) is 1.49. The van der Waals surface area contributed by atoms with Crippen molar-refractivity contribution in [2.24, 2.45) is 5.73 Å². The minimum Gasteiger partial charge on any atom is -0.394 e. The van der Waals surface area contributed by atoms with E-state index in [1.54, 1.807) is 0 Å². The summed E-state index contributed by atoms with van der Waals surface area (Å²) in [5, 5.41) is 28.0. The zero-order valence-corrected chi connectivity index (χ0v) is 8.74. The molecule has 0 aromatic heterocycles. The Bertz CT molecular complexity index is 189. The van der Waals surface area contributed by atoms with Gasteiger partial charge in [-0.3, -0.25) is 0 Å². The van der Waals surface area contributed by atoms with Crippen molar-refractivity contribution < 1.29 is 24.8 Å². The maximum Gasteiger partial charge on any atom is 0.175 e. The average Bonchev–Trinajstić information content (AvgIpc) is 2.25. The Kier molecular flexibility index (Phi) is 4.91. The first-order valence-corrected chi connectivity index (χ1v) is 5.11. The molecular formula is C9H19NO5. The molecule has 0 amide bonds. The third-order valence-corrected chi connectivity index (χ3v) is 2.41. The van der Waals surface area contributed by atoms with Gasteiger partial charge in [-0.05, 0) is 6.42 Å². The highest BCUT2D eigenvalue weighted by molar-refractivity contribution is 4.91. The lowest BCUT2D eigenvalue weighted by molar-refractivity contribution is -0.265. The van der Waals surface area contributed by atoms with E-state index in [0.717, 1.165) is 6.42 Å². The Morgan fingerprint density at radius 1 is 1.33 bits per heavy atom. The minimum absolute atomic E-state index is 0.378. The molecule has 5 atom stereocenters. The van der Waals surface area contributed by atoms with Crippen molar-refractivity contribution in [1.82, 2.24) is 0 Å². The van der Waals surface area contributed by atoms with Crippen LogP contribution < -0.4 is 5.73 Å². The second kappa shape index (κ2) is 5.74. The molecule has 1 aliphatic heterocycles. The van der Waals surface area contributed by atoms with Gasteiger partial charge in [0, 0.05) is 6.61 Å². The van der Waals surface area contributed by atoms with E-state index in [0.29, 0.717) is 6.61 Å². The SMILES string of the molecule is CCCO[C@@H]1OC(CO)[C@H](O)C(O)[C@@H]1N. The second-order valence-electron chi connectivity index (χ2n) is 3.65. The summed E-state index contributed by atoms with van der Waals surface area (Å²) in [6.45, 7) is 2.01. The van der Waals surface area contributed by atoms with Crippen LogP contribution in [0.3, 0.4) is 0 Å². The van der Waals surface area contributed by atoms with E-state index in [1.807, 2.05) is 6.92 Å². The van der Waals surface area contributed by atoms with Crippen LogP contribution in [0.25, 0.3) is 0 Å². The molecular weight excluding hydrogens is 202 g/mol. The third-order valence-electron chi connectivity index (χ3n) is 2.41. The van der Waals surface area contributed by atoms with Gasteiger partial charge in [-0.2, -0.15) is 0 Å². The van der Waals surface area contributed by atoms with Gasteiger partial charge in [0.15, 0.2) is 6.29 Å². The van der Waals surface area contributed by atoms with Gasteiger partial charge in [-0.15, -0.1) is 0 Å². The maximum absolute atomic E-state index is 9.57. The van der Waals surface area contributed by atoms with Crippen LogP contribution in [0.2, 0.25) is 0 Å². The lowest BCUT2D eigenvalue weighted by Crippen LogP contribution is -2.62. The molecule has 0 aromatic rings. The van der Waals surface area contributed by atoms with Gasteiger partial charge < -0.3 is 30.5 Å². The van der Waals surface area contributed by atoms with Gasteiger partial charge in [0.05, 0.1) is 12.6 Å². The number of hydrogen-bond acceptors (Lipinski definition) is 6. The van der Waals surface area contributed by atoms with Crippen LogP contribution in [0.4, 0.5) is 0 Å². The van der Waals surface area contributed by atoms with Gasteiger partial charge in [-0.25, -0.2) is 0 Å². The zero-order chi connectivity index (χ0) is 11.4. The van der Waals surface area contributed by atoms with E-state index in [9.17, 15) is 10.2 Å². The topological polar surface area (TPSA) is 105 Å². The minimum atomic E-state index is -1.17. The first-order valence-electron chi connectivity index (χ1n) is 5.11. The summed E-state index contributed by atoms with van der Waals surface area (Å²) < 4.78 is 10.5. The molecule has 0 bridgehead atoms. The molecule has 6 nitrogen and oxygen atoms in total. The molecule has 1 rings (SSSR count). The van der Waals surface area contributed by atoms with Crippen molar-refractivity contribution in [3.8, 4) is 0 Å². The van der Waals surface area contributed by atoms with Crippen molar-refractivity contribution in [2.45, 2.75) is 44.0 Å². The monoisotopic (exact) mass is 221 g/mol. The van der Waals surface area contributed by atoms with Crippen molar-refractivity contribution in [3.63, 3.8) is 0 Å². The number of hydrogen-bond donors (Lipinski definition) is 4. The van der Waals surface area contributed by atoms with Gasteiger partial charge in [0.25, 0.3) is 0 Å². The van der Waals surface area contributed by atoms with Gasteiger partial charge in [-0.1, -0.05) is 6.92 Å². The normalized spacial score (nSPS) is 41.8.